The second-order valence-corrected chi connectivity index (χ2v) is 7.18. The van der Waals surface area contributed by atoms with Crippen molar-refractivity contribution in [3.05, 3.63) is 70.8 Å². The maximum Gasteiger partial charge on any atom is 0.269 e. The molecule has 5 heteroatoms. The van der Waals surface area contributed by atoms with Crippen LogP contribution in [0.5, 0.6) is 0 Å². The van der Waals surface area contributed by atoms with Crippen LogP contribution in [0, 0.1) is 13.8 Å². The molecule has 5 nitrogen and oxygen atoms in total. The Kier molecular flexibility index (Phi) is 4.15. The van der Waals surface area contributed by atoms with Crippen molar-refractivity contribution in [2.24, 2.45) is 5.16 Å². The lowest BCUT2D eigenvalue weighted by molar-refractivity contribution is -0.106. The molecular weight excluding hydrogens is 326 g/mol. The van der Waals surface area contributed by atoms with E-state index >= 15 is 0 Å². The molecule has 1 spiro atoms. The van der Waals surface area contributed by atoms with Gasteiger partial charge in [0.15, 0.2) is 5.84 Å². The van der Waals surface area contributed by atoms with Gasteiger partial charge in [-0.2, -0.15) is 0 Å². The van der Waals surface area contributed by atoms with Crippen molar-refractivity contribution < 1.29 is 9.63 Å². The van der Waals surface area contributed by atoms with Crippen LogP contribution in [0.2, 0.25) is 0 Å². The van der Waals surface area contributed by atoms with Crippen LogP contribution < -0.4 is 5.43 Å². The lowest BCUT2D eigenvalue weighted by Gasteiger charge is -2.34. The summed E-state index contributed by atoms with van der Waals surface area (Å²) in [5.74, 6) is 0.516. The van der Waals surface area contributed by atoms with Crippen LogP contribution in [0.25, 0.3) is 0 Å². The van der Waals surface area contributed by atoms with Gasteiger partial charge in [-0.15, -0.1) is 0 Å². The number of carbonyl (C=O) groups excluding carboxylic acids is 1. The molecule has 1 saturated carbocycles. The minimum Gasteiger partial charge on any atom is -0.363 e. The fourth-order valence-electron chi connectivity index (χ4n) is 3.84. The summed E-state index contributed by atoms with van der Waals surface area (Å²) < 4.78 is 0. The average molecular weight is 349 g/mol. The van der Waals surface area contributed by atoms with E-state index < -0.39 is 5.72 Å². The van der Waals surface area contributed by atoms with E-state index in [9.17, 15) is 4.79 Å². The Labute approximate surface area is 153 Å². The molecule has 2 aromatic carbocycles. The van der Waals surface area contributed by atoms with Crippen molar-refractivity contribution in [1.82, 2.24) is 10.4 Å². The van der Waals surface area contributed by atoms with Gasteiger partial charge in [0.2, 0.25) is 5.72 Å². The first-order valence-corrected chi connectivity index (χ1v) is 9.09. The number of nitrogens with zero attached hydrogens (tertiary/aromatic N) is 2. The van der Waals surface area contributed by atoms with E-state index in [2.05, 4.69) is 42.6 Å². The molecule has 26 heavy (non-hydrogen) atoms. The highest BCUT2D eigenvalue weighted by molar-refractivity contribution is 6.02. The first kappa shape index (κ1) is 16.6. The smallest absolute Gasteiger partial charge is 0.269 e. The molecule has 0 radical (unpaired) electrons. The second-order valence-electron chi connectivity index (χ2n) is 7.18. The van der Waals surface area contributed by atoms with E-state index in [1.165, 1.54) is 0 Å². The third-order valence-corrected chi connectivity index (χ3v) is 5.04. The van der Waals surface area contributed by atoms with Gasteiger partial charge in [-0.3, -0.25) is 10.2 Å². The van der Waals surface area contributed by atoms with Gasteiger partial charge in [-0.1, -0.05) is 40.5 Å². The fraction of sp³-hybridized carbons (Fsp3) is 0.333. The number of hydrogen-bond donors (Lipinski definition) is 1. The summed E-state index contributed by atoms with van der Waals surface area (Å²) >= 11 is 0. The molecule has 0 saturated heterocycles. The molecule has 1 N–H and O–H groups in total. The molecule has 134 valence electrons. The highest BCUT2D eigenvalue weighted by Gasteiger charge is 2.49. The van der Waals surface area contributed by atoms with Crippen molar-refractivity contribution in [1.29, 1.82) is 0 Å². The van der Waals surface area contributed by atoms with Gasteiger partial charge in [0.05, 0.1) is 0 Å². The van der Waals surface area contributed by atoms with Gasteiger partial charge in [0.1, 0.15) is 0 Å². The summed E-state index contributed by atoms with van der Waals surface area (Å²) in [6.07, 6.45) is 3.82. The summed E-state index contributed by atoms with van der Waals surface area (Å²) in [5, 5.41) is 6.23. The van der Waals surface area contributed by atoms with Gasteiger partial charge < -0.3 is 4.84 Å². The molecule has 1 aliphatic heterocycles. The molecule has 0 bridgehead atoms. The minimum atomic E-state index is -0.572. The maximum absolute atomic E-state index is 12.8. The normalized spacial score (nSPS) is 17.9. The van der Waals surface area contributed by atoms with Crippen molar-refractivity contribution in [2.45, 2.75) is 45.3 Å². The topological polar surface area (TPSA) is 53.9 Å². The van der Waals surface area contributed by atoms with Crippen LogP contribution in [0.15, 0.2) is 53.7 Å². The summed E-state index contributed by atoms with van der Waals surface area (Å²) in [7, 11) is 0. The van der Waals surface area contributed by atoms with Gasteiger partial charge in [-0.25, -0.2) is 5.01 Å². The fourth-order valence-corrected chi connectivity index (χ4v) is 3.84. The van der Waals surface area contributed by atoms with E-state index in [1.807, 2.05) is 23.2 Å². The highest BCUT2D eigenvalue weighted by atomic mass is 16.7. The SMILES string of the molecule is Cc1cc(C)cc(C2=NOC3(CCCC3)N2NC(=O)c2ccccc2)c1. The van der Waals surface area contributed by atoms with Crippen molar-refractivity contribution in [3.8, 4) is 0 Å². The number of oxime groups is 1. The molecule has 0 atom stereocenters. The Morgan fingerprint density at radius 2 is 1.73 bits per heavy atom. The van der Waals surface area contributed by atoms with Gasteiger partial charge in [0.25, 0.3) is 5.91 Å². The molecule has 0 unspecified atom stereocenters. The Bertz CT molecular complexity index is 835. The quantitative estimate of drug-likeness (QED) is 0.914. The number of carbonyl (C=O) groups is 1. The molecule has 1 aliphatic carbocycles. The Morgan fingerprint density at radius 3 is 2.38 bits per heavy atom. The average Bonchev–Trinajstić information content (AvgIpc) is 3.24. The molecule has 1 fully saturated rings. The third-order valence-electron chi connectivity index (χ3n) is 5.04. The van der Waals surface area contributed by atoms with E-state index in [0.29, 0.717) is 11.4 Å². The molecule has 2 aliphatic rings. The van der Waals surface area contributed by atoms with Crippen LogP contribution in [-0.4, -0.2) is 22.5 Å². The molecular formula is C21H23N3O2. The van der Waals surface area contributed by atoms with Crippen LogP contribution in [0.4, 0.5) is 0 Å². The van der Waals surface area contributed by atoms with E-state index in [1.54, 1.807) is 12.1 Å². The molecule has 4 rings (SSSR count). The minimum absolute atomic E-state index is 0.153. The van der Waals surface area contributed by atoms with Crippen LogP contribution in [0.1, 0.15) is 52.7 Å². The largest absolute Gasteiger partial charge is 0.363 e. The van der Waals surface area contributed by atoms with Crippen molar-refractivity contribution in [3.63, 3.8) is 0 Å². The van der Waals surface area contributed by atoms with E-state index in [-0.39, 0.29) is 5.91 Å². The van der Waals surface area contributed by atoms with Gasteiger partial charge in [-0.05, 0) is 51.0 Å². The van der Waals surface area contributed by atoms with Gasteiger partial charge >= 0.3 is 0 Å². The summed E-state index contributed by atoms with van der Waals surface area (Å²) in [5.41, 5.74) is 6.37. The predicted octanol–water partition coefficient (Wildman–Crippen LogP) is 3.91. The Hall–Kier alpha value is -2.82. The van der Waals surface area contributed by atoms with Crippen molar-refractivity contribution in [2.75, 3.05) is 0 Å². The second kappa shape index (κ2) is 6.48. The van der Waals surface area contributed by atoms with Crippen molar-refractivity contribution >= 4 is 11.7 Å². The monoisotopic (exact) mass is 349 g/mol. The summed E-state index contributed by atoms with van der Waals surface area (Å²) in [6, 6.07) is 15.5. The highest BCUT2D eigenvalue weighted by Crippen LogP contribution is 2.40. The van der Waals surface area contributed by atoms with Crippen LogP contribution >= 0.6 is 0 Å². The number of hydrazine groups is 1. The number of amidine groups is 1. The van der Waals surface area contributed by atoms with E-state index in [4.69, 9.17) is 4.84 Å². The first-order chi connectivity index (χ1) is 12.6. The standard InChI is InChI=1S/C21H23N3O2/c1-15-12-16(2)14-18(13-15)19-23-26-21(10-6-7-11-21)24(19)22-20(25)17-8-4-3-5-9-17/h3-5,8-9,12-14H,6-7,10-11H2,1-2H3,(H,22,25). The Balaban J connectivity index is 1.68. The number of aryl methyl sites for hydroxylation is 2. The molecule has 1 heterocycles. The molecule has 2 aromatic rings. The summed E-state index contributed by atoms with van der Waals surface area (Å²) in [4.78, 5) is 18.7. The number of benzene rings is 2. The molecule has 1 amide bonds. The number of hydrogen-bond acceptors (Lipinski definition) is 4. The maximum atomic E-state index is 12.8. The van der Waals surface area contributed by atoms with Gasteiger partial charge in [0, 0.05) is 24.0 Å². The Morgan fingerprint density at radius 1 is 1.08 bits per heavy atom. The summed E-state index contributed by atoms with van der Waals surface area (Å²) in [6.45, 7) is 4.12. The zero-order valence-electron chi connectivity index (χ0n) is 15.2. The zero-order chi connectivity index (χ0) is 18.1. The number of amides is 1. The number of rotatable bonds is 3. The zero-order valence-corrected chi connectivity index (χ0v) is 15.2. The van der Waals surface area contributed by atoms with E-state index in [0.717, 1.165) is 42.4 Å². The lowest BCUT2D eigenvalue weighted by Crippen LogP contribution is -2.56. The third kappa shape index (κ3) is 2.94. The predicted molar refractivity (Wildman–Crippen MR) is 100 cm³/mol. The molecule has 0 aromatic heterocycles. The first-order valence-electron chi connectivity index (χ1n) is 9.09. The lowest BCUT2D eigenvalue weighted by atomic mass is 10.1. The van der Waals surface area contributed by atoms with Crippen LogP contribution in [0.3, 0.4) is 0 Å². The van der Waals surface area contributed by atoms with Crippen LogP contribution in [-0.2, 0) is 4.84 Å². The number of nitrogens with one attached hydrogen (secondary N) is 1.